The molecule has 1 fully saturated rings. The van der Waals surface area contributed by atoms with Crippen LogP contribution < -0.4 is 10.2 Å². The van der Waals surface area contributed by atoms with E-state index >= 15 is 0 Å². The summed E-state index contributed by atoms with van der Waals surface area (Å²) in [5.41, 5.74) is 2.90. The van der Waals surface area contributed by atoms with Crippen molar-refractivity contribution >= 4 is 29.2 Å². The van der Waals surface area contributed by atoms with Crippen molar-refractivity contribution in [1.29, 1.82) is 0 Å². The maximum Gasteiger partial charge on any atom is 0.318 e. The summed E-state index contributed by atoms with van der Waals surface area (Å²) in [6, 6.07) is 26.5. The van der Waals surface area contributed by atoms with Crippen molar-refractivity contribution in [2.75, 3.05) is 11.4 Å². The second-order valence-corrected chi connectivity index (χ2v) is 8.09. The quantitative estimate of drug-likeness (QED) is 0.603. The number of halogens is 1. The average molecular weight is 434 g/mol. The second kappa shape index (κ2) is 9.67. The van der Waals surface area contributed by atoms with Crippen molar-refractivity contribution in [2.24, 2.45) is 0 Å². The highest BCUT2D eigenvalue weighted by molar-refractivity contribution is 6.30. The Morgan fingerprint density at radius 3 is 2.00 bits per heavy atom. The molecule has 5 nitrogen and oxygen atoms in total. The van der Waals surface area contributed by atoms with E-state index in [9.17, 15) is 9.59 Å². The number of hydrogen-bond donors (Lipinski definition) is 1. The molecule has 1 N–H and O–H groups in total. The smallest absolute Gasteiger partial charge is 0.318 e. The zero-order chi connectivity index (χ0) is 21.6. The first-order chi connectivity index (χ1) is 15.1. The summed E-state index contributed by atoms with van der Waals surface area (Å²) >= 11 is 5.95. The van der Waals surface area contributed by atoms with E-state index in [-0.39, 0.29) is 24.4 Å². The van der Waals surface area contributed by atoms with Crippen LogP contribution in [0.4, 0.5) is 10.5 Å². The van der Waals surface area contributed by atoms with Crippen LogP contribution in [0.15, 0.2) is 84.9 Å². The van der Waals surface area contributed by atoms with E-state index in [1.165, 1.54) is 0 Å². The van der Waals surface area contributed by atoms with Gasteiger partial charge in [-0.05, 0) is 35.4 Å². The second-order valence-electron chi connectivity index (χ2n) is 7.66. The number of anilines is 1. The van der Waals surface area contributed by atoms with E-state index in [0.717, 1.165) is 16.8 Å². The van der Waals surface area contributed by atoms with Gasteiger partial charge < -0.3 is 15.1 Å². The van der Waals surface area contributed by atoms with Gasteiger partial charge in [0.2, 0.25) is 5.91 Å². The molecule has 1 heterocycles. The standard InChI is InChI=1S/C25H24ClN3O2/c26-21-11-13-23(14-12-21)29-18-22(15-24(29)30)27-25(31)28(16-19-7-3-1-4-8-19)17-20-9-5-2-6-10-20/h1-14,22H,15-18H2,(H,27,31). The van der Waals surface area contributed by atoms with E-state index < -0.39 is 0 Å². The van der Waals surface area contributed by atoms with Gasteiger partial charge in [-0.2, -0.15) is 0 Å². The number of urea groups is 1. The molecule has 3 aromatic carbocycles. The van der Waals surface area contributed by atoms with Crippen molar-refractivity contribution in [3.05, 3.63) is 101 Å². The van der Waals surface area contributed by atoms with Gasteiger partial charge in [0.1, 0.15) is 0 Å². The summed E-state index contributed by atoms with van der Waals surface area (Å²) in [5, 5.41) is 3.68. The average Bonchev–Trinajstić information content (AvgIpc) is 3.15. The fourth-order valence-electron chi connectivity index (χ4n) is 3.75. The lowest BCUT2D eigenvalue weighted by Gasteiger charge is -2.25. The topological polar surface area (TPSA) is 52.7 Å². The number of amides is 3. The maximum atomic E-state index is 13.2. The van der Waals surface area contributed by atoms with Crippen molar-refractivity contribution in [2.45, 2.75) is 25.6 Å². The lowest BCUT2D eigenvalue weighted by atomic mass is 10.1. The molecular formula is C25H24ClN3O2. The number of benzene rings is 3. The molecule has 1 saturated heterocycles. The number of hydrogen-bond acceptors (Lipinski definition) is 2. The number of carbonyl (C=O) groups excluding carboxylic acids is 2. The van der Waals surface area contributed by atoms with Gasteiger partial charge in [0.05, 0.1) is 6.04 Å². The highest BCUT2D eigenvalue weighted by Crippen LogP contribution is 2.23. The van der Waals surface area contributed by atoms with Crippen LogP contribution in [0, 0.1) is 0 Å². The largest absolute Gasteiger partial charge is 0.333 e. The molecule has 1 aliphatic heterocycles. The Morgan fingerprint density at radius 1 is 0.903 bits per heavy atom. The fraction of sp³-hybridized carbons (Fsp3) is 0.200. The highest BCUT2D eigenvalue weighted by Gasteiger charge is 2.32. The van der Waals surface area contributed by atoms with E-state index in [4.69, 9.17) is 11.6 Å². The SMILES string of the molecule is O=C(NC1CC(=O)N(c2ccc(Cl)cc2)C1)N(Cc1ccccc1)Cc1ccccc1. The number of nitrogens with zero attached hydrogens (tertiary/aromatic N) is 2. The number of nitrogens with one attached hydrogen (secondary N) is 1. The molecule has 0 spiro atoms. The molecule has 3 aromatic rings. The Kier molecular flexibility index (Phi) is 6.53. The zero-order valence-electron chi connectivity index (χ0n) is 17.1. The molecule has 6 heteroatoms. The summed E-state index contributed by atoms with van der Waals surface area (Å²) in [5.74, 6) is -0.00899. The van der Waals surface area contributed by atoms with E-state index in [2.05, 4.69) is 5.32 Å². The minimum atomic E-state index is -0.246. The van der Waals surface area contributed by atoms with Crippen molar-refractivity contribution in [3.63, 3.8) is 0 Å². The van der Waals surface area contributed by atoms with Crippen molar-refractivity contribution in [3.8, 4) is 0 Å². The third-order valence-corrected chi connectivity index (χ3v) is 5.56. The summed E-state index contributed by atoms with van der Waals surface area (Å²) in [6.07, 6.45) is 0.277. The minimum Gasteiger partial charge on any atom is -0.333 e. The summed E-state index contributed by atoms with van der Waals surface area (Å²) < 4.78 is 0. The van der Waals surface area contributed by atoms with Crippen LogP contribution >= 0.6 is 11.6 Å². The Morgan fingerprint density at radius 2 is 1.45 bits per heavy atom. The molecule has 31 heavy (non-hydrogen) atoms. The van der Waals surface area contributed by atoms with Gasteiger partial charge in [-0.1, -0.05) is 72.3 Å². The van der Waals surface area contributed by atoms with Crippen LogP contribution in [0.25, 0.3) is 0 Å². The van der Waals surface area contributed by atoms with Crippen molar-refractivity contribution in [1.82, 2.24) is 10.2 Å². The summed E-state index contributed by atoms with van der Waals surface area (Å²) in [6.45, 7) is 1.42. The Hall–Kier alpha value is -3.31. The molecule has 0 bridgehead atoms. The van der Waals surface area contributed by atoms with Gasteiger partial charge in [0.15, 0.2) is 0 Å². The minimum absolute atomic E-state index is 0.00899. The Balaban J connectivity index is 1.45. The van der Waals surface area contributed by atoms with Crippen LogP contribution in [0.5, 0.6) is 0 Å². The molecule has 158 valence electrons. The molecule has 1 unspecified atom stereocenters. The molecule has 3 amide bonds. The van der Waals surface area contributed by atoms with Gasteiger partial charge in [-0.25, -0.2) is 4.79 Å². The van der Waals surface area contributed by atoms with E-state index in [1.807, 2.05) is 72.8 Å². The first kappa shape index (κ1) is 20.9. The third kappa shape index (κ3) is 5.44. The maximum absolute atomic E-state index is 13.2. The van der Waals surface area contributed by atoms with Crippen molar-refractivity contribution < 1.29 is 9.59 Å². The first-order valence-corrected chi connectivity index (χ1v) is 10.7. The Labute approximate surface area is 187 Å². The van der Waals surface area contributed by atoms with Crippen LogP contribution in [-0.2, 0) is 17.9 Å². The molecule has 0 aliphatic carbocycles. The summed E-state index contributed by atoms with van der Waals surface area (Å²) in [4.78, 5) is 29.2. The van der Waals surface area contributed by atoms with E-state index in [0.29, 0.717) is 24.7 Å². The molecule has 0 radical (unpaired) electrons. The van der Waals surface area contributed by atoms with Crippen LogP contribution in [-0.4, -0.2) is 29.4 Å². The molecule has 1 atom stereocenters. The predicted octanol–water partition coefficient (Wildman–Crippen LogP) is 4.86. The summed E-state index contributed by atoms with van der Waals surface area (Å²) in [7, 11) is 0. The van der Waals surface area contributed by atoms with Gasteiger partial charge in [-0.15, -0.1) is 0 Å². The molecule has 1 aliphatic rings. The fourth-order valence-corrected chi connectivity index (χ4v) is 3.87. The van der Waals surface area contributed by atoms with Gasteiger partial charge in [0, 0.05) is 36.8 Å². The zero-order valence-corrected chi connectivity index (χ0v) is 17.8. The third-order valence-electron chi connectivity index (χ3n) is 5.31. The monoisotopic (exact) mass is 433 g/mol. The molecule has 4 rings (SSSR count). The lowest BCUT2D eigenvalue weighted by Crippen LogP contribution is -2.45. The van der Waals surface area contributed by atoms with E-state index in [1.54, 1.807) is 21.9 Å². The normalized spacial score (nSPS) is 15.7. The van der Waals surface area contributed by atoms with Crippen LogP contribution in [0.1, 0.15) is 17.5 Å². The lowest BCUT2D eigenvalue weighted by molar-refractivity contribution is -0.117. The van der Waals surface area contributed by atoms with Crippen LogP contribution in [0.2, 0.25) is 5.02 Å². The van der Waals surface area contributed by atoms with Crippen LogP contribution in [0.3, 0.4) is 0 Å². The van der Waals surface area contributed by atoms with Gasteiger partial charge in [-0.3, -0.25) is 4.79 Å². The Bertz CT molecular complexity index is 984. The number of carbonyl (C=O) groups is 2. The highest BCUT2D eigenvalue weighted by atomic mass is 35.5. The molecule has 0 aromatic heterocycles. The number of rotatable bonds is 6. The van der Waals surface area contributed by atoms with Gasteiger partial charge >= 0.3 is 6.03 Å². The molecular weight excluding hydrogens is 410 g/mol. The predicted molar refractivity (Wildman–Crippen MR) is 123 cm³/mol. The first-order valence-electron chi connectivity index (χ1n) is 10.3. The molecule has 0 saturated carbocycles. The van der Waals surface area contributed by atoms with Gasteiger partial charge in [0.25, 0.3) is 0 Å².